The number of rotatable bonds is 8. The molecule has 0 fully saturated rings. The van der Waals surface area contributed by atoms with E-state index in [0.717, 1.165) is 16.5 Å². The molecule has 1 aromatic heterocycles. The second-order valence-electron chi connectivity index (χ2n) is 5.83. The summed E-state index contributed by atoms with van der Waals surface area (Å²) in [6.07, 6.45) is 0. The molecule has 1 heterocycles. The van der Waals surface area contributed by atoms with Gasteiger partial charge in [-0.15, -0.1) is 11.3 Å². The van der Waals surface area contributed by atoms with Crippen LogP contribution in [0.25, 0.3) is 0 Å². The third-order valence-electron chi connectivity index (χ3n) is 3.73. The fourth-order valence-corrected chi connectivity index (χ4v) is 3.07. The first-order chi connectivity index (χ1) is 13.2. The van der Waals surface area contributed by atoms with E-state index in [9.17, 15) is 0 Å². The molecule has 0 aliphatic carbocycles. The average molecular weight is 380 g/mol. The number of benzene rings is 2. The first kappa shape index (κ1) is 18.7. The monoisotopic (exact) mass is 380 g/mol. The maximum absolute atomic E-state index is 9.01. The van der Waals surface area contributed by atoms with E-state index in [0.29, 0.717) is 36.9 Å². The quantitative estimate of drug-likeness (QED) is 0.557. The summed E-state index contributed by atoms with van der Waals surface area (Å²) in [6.45, 7) is 5.19. The van der Waals surface area contributed by atoms with E-state index in [1.165, 1.54) is 16.9 Å². The van der Waals surface area contributed by atoms with E-state index in [1.807, 2.05) is 43.5 Å². The molecule has 0 saturated heterocycles. The number of hydrogen-bond donors (Lipinski definition) is 0. The molecule has 0 N–H and O–H groups in total. The molecule has 3 aromatic rings. The molecule has 0 amide bonds. The summed E-state index contributed by atoms with van der Waals surface area (Å²) in [4.78, 5) is 4.54. The van der Waals surface area contributed by atoms with Gasteiger partial charge in [0.1, 0.15) is 24.0 Å². The lowest BCUT2D eigenvalue weighted by Crippen LogP contribution is -2.01. The second-order valence-corrected chi connectivity index (χ2v) is 6.77. The Balaban J connectivity index is 1.58. The van der Waals surface area contributed by atoms with Gasteiger partial charge < -0.3 is 14.2 Å². The molecule has 3 rings (SSSR count). The number of hydrogen-bond acceptors (Lipinski definition) is 6. The van der Waals surface area contributed by atoms with E-state index >= 15 is 0 Å². The van der Waals surface area contributed by atoms with Gasteiger partial charge in [-0.1, -0.05) is 17.7 Å². The molecule has 0 spiro atoms. The van der Waals surface area contributed by atoms with E-state index in [2.05, 4.69) is 11.1 Å². The van der Waals surface area contributed by atoms with Crippen LogP contribution in [0.1, 0.15) is 28.8 Å². The van der Waals surface area contributed by atoms with Crippen LogP contribution in [0.4, 0.5) is 0 Å². The third-order valence-corrected chi connectivity index (χ3v) is 4.60. The fraction of sp³-hybridized carbons (Fsp3) is 0.238. The third kappa shape index (κ3) is 5.22. The largest absolute Gasteiger partial charge is 0.490 e. The molecule has 0 aliphatic rings. The van der Waals surface area contributed by atoms with Crippen molar-refractivity contribution in [2.24, 2.45) is 0 Å². The van der Waals surface area contributed by atoms with Gasteiger partial charge in [0.15, 0.2) is 11.5 Å². The molecule has 0 saturated carbocycles. The summed E-state index contributed by atoms with van der Waals surface area (Å²) in [6, 6.07) is 15.2. The topological polar surface area (TPSA) is 64.4 Å². The highest BCUT2D eigenvalue weighted by Gasteiger charge is 2.09. The minimum Gasteiger partial charge on any atom is -0.490 e. The molecule has 5 nitrogen and oxygen atoms in total. The summed E-state index contributed by atoms with van der Waals surface area (Å²) in [7, 11) is 0. The number of nitrogens with zero attached hydrogens (tertiary/aromatic N) is 2. The molecule has 0 aliphatic heterocycles. The van der Waals surface area contributed by atoms with Crippen LogP contribution in [0.5, 0.6) is 17.2 Å². The fourth-order valence-electron chi connectivity index (χ4n) is 2.38. The van der Waals surface area contributed by atoms with Crippen molar-refractivity contribution in [1.29, 1.82) is 5.26 Å². The molecule has 0 atom stereocenters. The Morgan fingerprint density at radius 3 is 2.56 bits per heavy atom. The van der Waals surface area contributed by atoms with Gasteiger partial charge in [-0.3, -0.25) is 0 Å². The van der Waals surface area contributed by atoms with Gasteiger partial charge in [0.25, 0.3) is 0 Å². The van der Waals surface area contributed by atoms with Gasteiger partial charge in [0.05, 0.1) is 23.9 Å². The highest BCUT2D eigenvalue weighted by atomic mass is 32.1. The first-order valence-corrected chi connectivity index (χ1v) is 9.48. The van der Waals surface area contributed by atoms with Crippen LogP contribution in [0.2, 0.25) is 0 Å². The predicted molar refractivity (Wildman–Crippen MR) is 104 cm³/mol. The van der Waals surface area contributed by atoms with E-state index < -0.39 is 0 Å². The van der Waals surface area contributed by atoms with Gasteiger partial charge in [0.2, 0.25) is 0 Å². The Morgan fingerprint density at radius 1 is 1.00 bits per heavy atom. The van der Waals surface area contributed by atoms with Crippen molar-refractivity contribution in [1.82, 2.24) is 4.98 Å². The Kier molecular flexibility index (Phi) is 6.29. The first-order valence-electron chi connectivity index (χ1n) is 8.60. The summed E-state index contributed by atoms with van der Waals surface area (Å²) in [5, 5.41) is 11.9. The maximum atomic E-state index is 9.01. The van der Waals surface area contributed by atoms with Gasteiger partial charge in [0, 0.05) is 11.4 Å². The van der Waals surface area contributed by atoms with Crippen LogP contribution in [0.3, 0.4) is 0 Å². The average Bonchev–Trinajstić information content (AvgIpc) is 3.14. The Labute approximate surface area is 162 Å². The zero-order chi connectivity index (χ0) is 19.1. The lowest BCUT2D eigenvalue weighted by Gasteiger charge is -2.11. The van der Waals surface area contributed by atoms with Gasteiger partial charge in [-0.2, -0.15) is 5.26 Å². The van der Waals surface area contributed by atoms with Crippen LogP contribution in [0, 0.1) is 18.3 Å². The standard InChI is InChI=1S/C21H20N2O3S/c1-3-24-20-10-16(11-22)6-9-19(20)26-12-17-14-27-21(23-17)13-25-18-7-4-15(2)5-8-18/h4-10,14H,3,12-13H2,1-2H3. The molecule has 0 bridgehead atoms. The molecule has 2 aromatic carbocycles. The van der Waals surface area contributed by atoms with Crippen LogP contribution in [-0.2, 0) is 13.2 Å². The summed E-state index contributed by atoms with van der Waals surface area (Å²) < 4.78 is 17.1. The molecular weight excluding hydrogens is 360 g/mol. The lowest BCUT2D eigenvalue weighted by atomic mass is 10.2. The van der Waals surface area contributed by atoms with Gasteiger partial charge in [-0.25, -0.2) is 4.98 Å². The van der Waals surface area contributed by atoms with Crippen LogP contribution in [-0.4, -0.2) is 11.6 Å². The molecule has 6 heteroatoms. The minimum absolute atomic E-state index is 0.326. The maximum Gasteiger partial charge on any atom is 0.162 e. The SMILES string of the molecule is CCOc1cc(C#N)ccc1OCc1csc(COc2ccc(C)cc2)n1. The summed E-state index contributed by atoms with van der Waals surface area (Å²) >= 11 is 1.54. The molecular formula is C21H20N2O3S. The summed E-state index contributed by atoms with van der Waals surface area (Å²) in [5.74, 6) is 1.99. The Hall–Kier alpha value is -3.04. The number of aromatic nitrogens is 1. The van der Waals surface area contributed by atoms with Crippen molar-refractivity contribution in [3.63, 3.8) is 0 Å². The van der Waals surface area contributed by atoms with Crippen LogP contribution in [0.15, 0.2) is 47.8 Å². The van der Waals surface area contributed by atoms with Gasteiger partial charge in [-0.05, 0) is 38.1 Å². The predicted octanol–water partition coefficient (Wildman–Crippen LogP) is 4.88. The normalized spacial score (nSPS) is 10.3. The summed E-state index contributed by atoms with van der Waals surface area (Å²) in [5.41, 5.74) is 2.56. The van der Waals surface area contributed by atoms with Crippen molar-refractivity contribution < 1.29 is 14.2 Å². The number of nitriles is 1. The number of ether oxygens (including phenoxy) is 3. The zero-order valence-electron chi connectivity index (χ0n) is 15.3. The van der Waals surface area contributed by atoms with Crippen LogP contribution < -0.4 is 14.2 Å². The van der Waals surface area contributed by atoms with E-state index in [1.54, 1.807) is 18.2 Å². The molecule has 27 heavy (non-hydrogen) atoms. The number of aryl methyl sites for hydroxylation is 1. The van der Waals surface area contributed by atoms with Crippen molar-refractivity contribution in [3.05, 3.63) is 69.7 Å². The lowest BCUT2D eigenvalue weighted by molar-refractivity contribution is 0.265. The Bertz CT molecular complexity index is 929. The van der Waals surface area contributed by atoms with Gasteiger partial charge >= 0.3 is 0 Å². The zero-order valence-corrected chi connectivity index (χ0v) is 16.1. The number of thiazole rings is 1. The second kappa shape index (κ2) is 9.06. The van der Waals surface area contributed by atoms with Crippen molar-refractivity contribution >= 4 is 11.3 Å². The van der Waals surface area contributed by atoms with Crippen molar-refractivity contribution in [2.75, 3.05) is 6.61 Å². The minimum atomic E-state index is 0.326. The van der Waals surface area contributed by atoms with Crippen molar-refractivity contribution in [3.8, 4) is 23.3 Å². The van der Waals surface area contributed by atoms with E-state index in [4.69, 9.17) is 19.5 Å². The smallest absolute Gasteiger partial charge is 0.162 e. The van der Waals surface area contributed by atoms with Crippen LogP contribution >= 0.6 is 11.3 Å². The van der Waals surface area contributed by atoms with E-state index in [-0.39, 0.29) is 0 Å². The highest BCUT2D eigenvalue weighted by Crippen LogP contribution is 2.29. The highest BCUT2D eigenvalue weighted by molar-refractivity contribution is 7.09. The molecule has 138 valence electrons. The van der Waals surface area contributed by atoms with Crippen molar-refractivity contribution in [2.45, 2.75) is 27.1 Å². The molecule has 0 radical (unpaired) electrons. The molecule has 0 unspecified atom stereocenters. The Morgan fingerprint density at radius 2 is 1.81 bits per heavy atom.